The van der Waals surface area contributed by atoms with Gasteiger partial charge in [0, 0.05) is 0 Å². The van der Waals surface area contributed by atoms with E-state index in [2.05, 4.69) is 0 Å². The number of amides is 1. The van der Waals surface area contributed by atoms with E-state index in [-0.39, 0.29) is 29.1 Å². The number of likely N-dealkylation sites (tertiary alicyclic amines) is 1. The van der Waals surface area contributed by atoms with Crippen LogP contribution in [0.1, 0.15) is 36.2 Å². The summed E-state index contributed by atoms with van der Waals surface area (Å²) in [4.78, 5) is 25.6. The average molecular weight is 362 g/mol. The normalized spacial score (nSPS) is 19.1. The smallest absolute Gasteiger partial charge is 0.522 e. The number of rotatable bonds is 5. The molecule has 1 saturated heterocycles. The highest BCUT2D eigenvalue weighted by Crippen LogP contribution is 2.37. The van der Waals surface area contributed by atoms with E-state index in [9.17, 15) is 19.7 Å². The first-order chi connectivity index (χ1) is 12.2. The molecule has 0 bridgehead atoms. The highest BCUT2D eigenvalue weighted by molar-refractivity contribution is 6.44. The molecule has 0 aliphatic carbocycles. The van der Waals surface area contributed by atoms with Gasteiger partial charge in [-0.3, -0.25) is 4.79 Å². The topological polar surface area (TPSA) is 122 Å². The Morgan fingerprint density at radius 2 is 2.15 bits per heavy atom. The number of carboxylic acid groups (broad SMARTS) is 1. The van der Waals surface area contributed by atoms with Crippen LogP contribution in [0.2, 0.25) is 6.32 Å². The van der Waals surface area contributed by atoms with Crippen LogP contribution in [-0.4, -0.2) is 58.8 Å². The Morgan fingerprint density at radius 1 is 1.46 bits per heavy atom. The van der Waals surface area contributed by atoms with Crippen molar-refractivity contribution in [3.05, 3.63) is 23.3 Å². The van der Waals surface area contributed by atoms with Gasteiger partial charge in [-0.05, 0) is 37.7 Å². The van der Waals surface area contributed by atoms with Crippen LogP contribution in [0.4, 0.5) is 0 Å². The zero-order chi connectivity index (χ0) is 19.1. The third-order valence-electron chi connectivity index (χ3n) is 4.98. The van der Waals surface area contributed by atoms with E-state index >= 15 is 0 Å². The van der Waals surface area contributed by atoms with Crippen LogP contribution in [0, 0.1) is 0 Å². The number of benzene rings is 1. The lowest BCUT2D eigenvalue weighted by Gasteiger charge is -2.42. The maximum absolute atomic E-state index is 12.3. The minimum atomic E-state index is -1.18. The number of ether oxygens (including phenoxy) is 1. The minimum absolute atomic E-state index is 0.0942. The van der Waals surface area contributed by atoms with Gasteiger partial charge in [0.2, 0.25) is 5.91 Å². The van der Waals surface area contributed by atoms with Crippen molar-refractivity contribution in [2.75, 3.05) is 13.1 Å². The number of fused-ring (bicyclic) bond motifs is 1. The van der Waals surface area contributed by atoms with Crippen LogP contribution in [0.15, 0.2) is 12.1 Å². The molecule has 4 N–H and O–H groups in total. The summed E-state index contributed by atoms with van der Waals surface area (Å²) >= 11 is 0. The summed E-state index contributed by atoms with van der Waals surface area (Å²) in [7, 11) is -1.02. The van der Waals surface area contributed by atoms with E-state index in [1.807, 2.05) is 6.92 Å². The average Bonchev–Trinajstić information content (AvgIpc) is 2.56. The Labute approximate surface area is 152 Å². The number of aryl methyl sites for hydroxylation is 1. The second-order valence-electron chi connectivity index (χ2n) is 7.06. The summed E-state index contributed by atoms with van der Waals surface area (Å²) in [5.74, 6) is -0.996. The molecule has 140 valence electrons. The standard InChI is InChI=1S/C17H23BN2O6/c1-3-17(2,19)16(23)20-8-11(9-20)25-12-5-4-10-6-7-18(24)26-14(10)13(12)15(21)22/h4-5,11,24H,3,6-9,19H2,1-2H3,(H,21,22)/t17-/m0/s1. The molecule has 0 spiro atoms. The highest BCUT2D eigenvalue weighted by atomic mass is 16.5. The fourth-order valence-corrected chi connectivity index (χ4v) is 3.08. The van der Waals surface area contributed by atoms with Crippen molar-refractivity contribution in [3.8, 4) is 11.5 Å². The van der Waals surface area contributed by atoms with Crippen LogP contribution in [0.25, 0.3) is 0 Å². The predicted molar refractivity (Wildman–Crippen MR) is 94.4 cm³/mol. The van der Waals surface area contributed by atoms with Crippen LogP contribution < -0.4 is 15.1 Å². The van der Waals surface area contributed by atoms with Crippen molar-refractivity contribution < 1.29 is 29.1 Å². The Morgan fingerprint density at radius 3 is 2.77 bits per heavy atom. The Kier molecular flexibility index (Phi) is 4.85. The van der Waals surface area contributed by atoms with Crippen LogP contribution >= 0.6 is 0 Å². The molecule has 2 aliphatic rings. The summed E-state index contributed by atoms with van der Waals surface area (Å²) in [5, 5.41) is 19.2. The second kappa shape index (κ2) is 6.81. The van der Waals surface area contributed by atoms with Crippen LogP contribution in [0.5, 0.6) is 11.5 Å². The number of nitrogens with two attached hydrogens (primary N) is 1. The molecule has 3 rings (SSSR count). The van der Waals surface area contributed by atoms with Crippen molar-refractivity contribution in [3.63, 3.8) is 0 Å². The van der Waals surface area contributed by atoms with Crippen molar-refractivity contribution in [1.82, 2.24) is 4.90 Å². The third-order valence-corrected chi connectivity index (χ3v) is 4.98. The lowest BCUT2D eigenvalue weighted by Crippen LogP contribution is -2.63. The second-order valence-corrected chi connectivity index (χ2v) is 7.06. The number of carboxylic acids is 1. The summed E-state index contributed by atoms with van der Waals surface area (Å²) in [6.07, 6.45) is 1.17. The predicted octanol–water partition coefficient (Wildman–Crippen LogP) is 0.517. The Bertz CT molecular complexity index is 732. The first kappa shape index (κ1) is 18.5. The van der Waals surface area contributed by atoms with E-state index in [0.717, 1.165) is 5.56 Å². The zero-order valence-corrected chi connectivity index (χ0v) is 14.9. The molecule has 0 aromatic heterocycles. The van der Waals surface area contributed by atoms with Crippen molar-refractivity contribution in [2.24, 2.45) is 5.73 Å². The first-order valence-corrected chi connectivity index (χ1v) is 8.71. The van der Waals surface area contributed by atoms with E-state index in [0.29, 0.717) is 32.3 Å². The molecule has 9 heteroatoms. The minimum Gasteiger partial charge on any atom is -0.535 e. The molecular formula is C17H23BN2O6. The van der Waals surface area contributed by atoms with Gasteiger partial charge in [0.25, 0.3) is 0 Å². The molecule has 0 saturated carbocycles. The quantitative estimate of drug-likeness (QED) is 0.653. The van der Waals surface area contributed by atoms with Gasteiger partial charge in [0.15, 0.2) is 0 Å². The van der Waals surface area contributed by atoms with Crippen LogP contribution in [-0.2, 0) is 11.2 Å². The third kappa shape index (κ3) is 3.36. The number of nitrogens with zero attached hydrogens (tertiary/aromatic N) is 1. The molecule has 0 unspecified atom stereocenters. The Hall–Kier alpha value is -2.26. The molecule has 2 heterocycles. The molecule has 26 heavy (non-hydrogen) atoms. The number of carbonyl (C=O) groups is 2. The van der Waals surface area contributed by atoms with E-state index in [1.54, 1.807) is 24.0 Å². The summed E-state index contributed by atoms with van der Waals surface area (Å²) < 4.78 is 11.1. The summed E-state index contributed by atoms with van der Waals surface area (Å²) in [5.41, 5.74) is 5.70. The molecule has 2 aliphatic heterocycles. The molecular weight excluding hydrogens is 339 g/mol. The van der Waals surface area contributed by atoms with Gasteiger partial charge in [-0.25, -0.2) is 4.79 Å². The van der Waals surface area contributed by atoms with Crippen molar-refractivity contribution in [1.29, 1.82) is 0 Å². The molecule has 8 nitrogen and oxygen atoms in total. The molecule has 1 atom stereocenters. The van der Waals surface area contributed by atoms with Gasteiger partial charge in [0.05, 0.1) is 18.6 Å². The fraction of sp³-hybridized carbons (Fsp3) is 0.529. The first-order valence-electron chi connectivity index (χ1n) is 8.71. The number of aromatic carboxylic acids is 1. The molecule has 1 aromatic rings. The van der Waals surface area contributed by atoms with E-state index < -0.39 is 18.6 Å². The fourth-order valence-electron chi connectivity index (χ4n) is 3.08. The number of hydrogen-bond acceptors (Lipinski definition) is 6. The highest BCUT2D eigenvalue weighted by Gasteiger charge is 2.40. The maximum atomic E-state index is 12.3. The number of carbonyl (C=O) groups excluding carboxylic acids is 1. The van der Waals surface area contributed by atoms with Crippen LogP contribution in [0.3, 0.4) is 0 Å². The molecule has 1 fully saturated rings. The van der Waals surface area contributed by atoms with Gasteiger partial charge in [-0.15, -0.1) is 0 Å². The molecule has 1 amide bonds. The number of hydrogen-bond donors (Lipinski definition) is 3. The van der Waals surface area contributed by atoms with Gasteiger partial charge >= 0.3 is 13.1 Å². The molecule has 1 aromatic carbocycles. The Balaban J connectivity index is 1.73. The summed E-state index contributed by atoms with van der Waals surface area (Å²) in [6, 6.07) is 3.35. The maximum Gasteiger partial charge on any atom is 0.522 e. The van der Waals surface area contributed by atoms with Gasteiger partial charge in [-0.2, -0.15) is 0 Å². The lowest BCUT2D eigenvalue weighted by molar-refractivity contribution is -0.145. The largest absolute Gasteiger partial charge is 0.535 e. The van der Waals surface area contributed by atoms with Crippen molar-refractivity contribution in [2.45, 2.75) is 44.7 Å². The zero-order valence-electron chi connectivity index (χ0n) is 14.9. The van der Waals surface area contributed by atoms with Crippen molar-refractivity contribution >= 4 is 19.0 Å². The SMILES string of the molecule is CC[C@](C)(N)C(=O)N1CC(Oc2ccc3c(c2C(=O)O)OB(O)CC3)C1. The lowest BCUT2D eigenvalue weighted by atomic mass is 9.78. The van der Waals surface area contributed by atoms with E-state index in [1.165, 1.54) is 0 Å². The molecule has 0 radical (unpaired) electrons. The van der Waals surface area contributed by atoms with Gasteiger partial charge < -0.3 is 30.2 Å². The van der Waals surface area contributed by atoms with E-state index in [4.69, 9.17) is 15.1 Å². The monoisotopic (exact) mass is 362 g/mol. The van der Waals surface area contributed by atoms with Gasteiger partial charge in [0.1, 0.15) is 23.2 Å². The van der Waals surface area contributed by atoms with Gasteiger partial charge in [-0.1, -0.05) is 13.0 Å². The summed E-state index contributed by atoms with van der Waals surface area (Å²) in [6.45, 7) is 4.25.